The number of hydrogen-bond acceptors (Lipinski definition) is 3. The van der Waals surface area contributed by atoms with Crippen LogP contribution in [0.25, 0.3) is 0 Å². The average molecular weight is 423 g/mol. The molecule has 0 bridgehead atoms. The number of hydrogen-bond donors (Lipinski definition) is 0. The highest BCUT2D eigenvalue weighted by molar-refractivity contribution is 6.35. The third-order valence-electron chi connectivity index (χ3n) is 4.25. The van der Waals surface area contributed by atoms with E-state index in [0.29, 0.717) is 35.0 Å². The molecule has 1 amide bonds. The van der Waals surface area contributed by atoms with E-state index < -0.39 is 4.92 Å². The number of halogens is 2. The maximum absolute atomic E-state index is 12.9. The van der Waals surface area contributed by atoms with Gasteiger partial charge < -0.3 is 4.90 Å². The van der Waals surface area contributed by atoms with E-state index in [9.17, 15) is 14.9 Å². The van der Waals surface area contributed by atoms with Crippen molar-refractivity contribution in [2.24, 2.45) is 5.41 Å². The van der Waals surface area contributed by atoms with E-state index in [2.05, 4.69) is 0 Å². The van der Waals surface area contributed by atoms with Crippen molar-refractivity contribution >= 4 is 34.8 Å². The van der Waals surface area contributed by atoms with Crippen molar-refractivity contribution in [2.75, 3.05) is 6.54 Å². The van der Waals surface area contributed by atoms with Gasteiger partial charge in [0.15, 0.2) is 0 Å². The van der Waals surface area contributed by atoms with Gasteiger partial charge in [-0.2, -0.15) is 0 Å². The maximum atomic E-state index is 12.9. The number of benzene rings is 2. The Labute approximate surface area is 175 Å². The van der Waals surface area contributed by atoms with Crippen molar-refractivity contribution in [1.29, 1.82) is 0 Å². The van der Waals surface area contributed by atoms with Crippen LogP contribution < -0.4 is 0 Å². The first-order valence-corrected chi connectivity index (χ1v) is 9.76. The molecule has 0 saturated heterocycles. The normalized spacial score (nSPS) is 11.3. The van der Waals surface area contributed by atoms with Gasteiger partial charge in [0.1, 0.15) is 0 Å². The van der Waals surface area contributed by atoms with Gasteiger partial charge in [-0.3, -0.25) is 14.9 Å². The van der Waals surface area contributed by atoms with Crippen molar-refractivity contribution < 1.29 is 9.72 Å². The van der Waals surface area contributed by atoms with Gasteiger partial charge in [-0.15, -0.1) is 0 Å². The van der Waals surface area contributed by atoms with Crippen LogP contribution in [0.5, 0.6) is 0 Å². The predicted octanol–water partition coefficient (Wildman–Crippen LogP) is 5.91. The number of carbonyl (C=O) groups excluding carboxylic acids is 1. The first-order chi connectivity index (χ1) is 13.1. The monoisotopic (exact) mass is 422 g/mol. The van der Waals surface area contributed by atoms with Gasteiger partial charge in [-0.25, -0.2) is 0 Å². The summed E-state index contributed by atoms with van der Waals surface area (Å²) in [6.07, 6.45) is 0.883. The SMILES string of the molecule is CC(C)(C)CC(=O)N(CCc1ccc(Cl)cc1Cl)Cc1ccccc1[N+](=O)[O-]. The Balaban J connectivity index is 2.24. The third-order valence-corrected chi connectivity index (χ3v) is 4.84. The Bertz CT molecular complexity index is 863. The smallest absolute Gasteiger partial charge is 0.274 e. The van der Waals surface area contributed by atoms with Gasteiger partial charge in [-0.05, 0) is 29.5 Å². The third kappa shape index (κ3) is 6.50. The van der Waals surface area contributed by atoms with Crippen LogP contribution in [0.4, 0.5) is 5.69 Å². The topological polar surface area (TPSA) is 63.5 Å². The van der Waals surface area contributed by atoms with Crippen LogP contribution in [0.3, 0.4) is 0 Å². The van der Waals surface area contributed by atoms with Crippen molar-refractivity contribution in [3.63, 3.8) is 0 Å². The van der Waals surface area contributed by atoms with Crippen molar-refractivity contribution in [2.45, 2.75) is 40.2 Å². The molecular weight excluding hydrogens is 399 g/mol. The molecule has 0 heterocycles. The highest BCUT2D eigenvalue weighted by atomic mass is 35.5. The first-order valence-electron chi connectivity index (χ1n) is 9.01. The molecule has 0 saturated carbocycles. The molecule has 28 heavy (non-hydrogen) atoms. The Kier molecular flexibility index (Phi) is 7.44. The lowest BCUT2D eigenvalue weighted by atomic mass is 9.91. The molecule has 0 aliphatic rings. The van der Waals surface area contributed by atoms with E-state index in [1.165, 1.54) is 6.07 Å². The summed E-state index contributed by atoms with van der Waals surface area (Å²) >= 11 is 12.2. The second-order valence-corrected chi connectivity index (χ2v) is 8.77. The zero-order chi connectivity index (χ0) is 20.9. The second-order valence-electron chi connectivity index (χ2n) is 7.92. The molecule has 150 valence electrons. The highest BCUT2D eigenvalue weighted by Gasteiger charge is 2.24. The Morgan fingerprint density at radius 2 is 1.79 bits per heavy atom. The van der Waals surface area contributed by atoms with Gasteiger partial charge in [0.2, 0.25) is 5.91 Å². The highest BCUT2D eigenvalue weighted by Crippen LogP contribution is 2.25. The van der Waals surface area contributed by atoms with Crippen LogP contribution in [0.2, 0.25) is 10.0 Å². The summed E-state index contributed by atoms with van der Waals surface area (Å²) < 4.78 is 0. The van der Waals surface area contributed by atoms with Crippen LogP contribution >= 0.6 is 23.2 Å². The van der Waals surface area contributed by atoms with Crippen LogP contribution in [0.1, 0.15) is 38.3 Å². The Hall–Kier alpha value is -2.11. The van der Waals surface area contributed by atoms with E-state index in [4.69, 9.17) is 23.2 Å². The molecule has 0 aliphatic carbocycles. The molecule has 7 heteroatoms. The lowest BCUT2D eigenvalue weighted by Gasteiger charge is -2.27. The standard InChI is InChI=1S/C21H24Cl2N2O3/c1-21(2,3)13-20(26)24(11-10-15-8-9-17(22)12-18(15)23)14-16-6-4-5-7-19(16)25(27)28/h4-9,12H,10-11,13-14H2,1-3H3. The molecule has 2 rings (SSSR count). The molecule has 0 N–H and O–H groups in total. The number of nitro groups is 1. The molecule has 2 aromatic carbocycles. The number of nitrogens with zero attached hydrogens (tertiary/aromatic N) is 2. The number of rotatable bonds is 7. The second kappa shape index (κ2) is 9.39. The lowest BCUT2D eigenvalue weighted by molar-refractivity contribution is -0.385. The summed E-state index contributed by atoms with van der Waals surface area (Å²) in [6, 6.07) is 11.8. The number of carbonyl (C=O) groups is 1. The van der Waals surface area contributed by atoms with E-state index >= 15 is 0 Å². The summed E-state index contributed by atoms with van der Waals surface area (Å²) in [6.45, 7) is 6.55. The number of para-hydroxylation sites is 1. The van der Waals surface area contributed by atoms with Crippen LogP contribution in [-0.4, -0.2) is 22.3 Å². The van der Waals surface area contributed by atoms with E-state index in [1.807, 2.05) is 26.8 Å². The van der Waals surface area contributed by atoms with Crippen molar-refractivity contribution in [1.82, 2.24) is 4.90 Å². The van der Waals surface area contributed by atoms with Gasteiger partial charge in [-0.1, -0.05) is 68.2 Å². The molecule has 5 nitrogen and oxygen atoms in total. The molecule has 0 aromatic heterocycles. The number of nitro benzene ring substituents is 1. The minimum absolute atomic E-state index is 0.0144. The predicted molar refractivity (Wildman–Crippen MR) is 113 cm³/mol. The van der Waals surface area contributed by atoms with Gasteiger partial charge >= 0.3 is 0 Å². The zero-order valence-corrected chi connectivity index (χ0v) is 17.8. The fourth-order valence-corrected chi connectivity index (χ4v) is 3.37. The van der Waals surface area contributed by atoms with Gasteiger partial charge in [0.05, 0.1) is 11.5 Å². The molecule has 0 radical (unpaired) electrons. The summed E-state index contributed by atoms with van der Waals surface area (Å²) in [7, 11) is 0. The maximum Gasteiger partial charge on any atom is 0.274 e. The summed E-state index contributed by atoms with van der Waals surface area (Å²) in [5.74, 6) is -0.0456. The Morgan fingerprint density at radius 3 is 2.39 bits per heavy atom. The number of amides is 1. The quantitative estimate of drug-likeness (QED) is 0.411. The van der Waals surface area contributed by atoms with E-state index in [-0.39, 0.29) is 23.6 Å². The molecule has 0 aliphatic heterocycles. The molecular formula is C21H24Cl2N2O3. The van der Waals surface area contributed by atoms with Gasteiger partial charge in [0.25, 0.3) is 5.69 Å². The van der Waals surface area contributed by atoms with Crippen molar-refractivity contribution in [3.05, 3.63) is 73.8 Å². The first kappa shape index (κ1) is 22.2. The van der Waals surface area contributed by atoms with E-state index in [0.717, 1.165) is 5.56 Å². The van der Waals surface area contributed by atoms with Crippen LogP contribution in [0.15, 0.2) is 42.5 Å². The Morgan fingerprint density at radius 1 is 1.11 bits per heavy atom. The van der Waals surface area contributed by atoms with Crippen LogP contribution in [0, 0.1) is 15.5 Å². The van der Waals surface area contributed by atoms with Crippen molar-refractivity contribution in [3.8, 4) is 0 Å². The van der Waals surface area contributed by atoms with Gasteiger partial charge in [0, 0.05) is 34.6 Å². The largest absolute Gasteiger partial charge is 0.338 e. The summed E-state index contributed by atoms with van der Waals surface area (Å²) in [5.41, 5.74) is 1.22. The average Bonchev–Trinajstić information content (AvgIpc) is 2.58. The molecule has 2 aromatic rings. The minimum Gasteiger partial charge on any atom is -0.338 e. The fraction of sp³-hybridized carbons (Fsp3) is 0.381. The summed E-state index contributed by atoms with van der Waals surface area (Å²) in [5, 5.41) is 12.4. The molecule has 0 atom stereocenters. The van der Waals surface area contributed by atoms with E-state index in [1.54, 1.807) is 35.2 Å². The minimum atomic E-state index is -0.419. The fourth-order valence-electron chi connectivity index (χ4n) is 2.87. The summed E-state index contributed by atoms with van der Waals surface area (Å²) in [4.78, 5) is 25.5. The zero-order valence-electron chi connectivity index (χ0n) is 16.2. The molecule has 0 unspecified atom stereocenters. The molecule has 0 fully saturated rings. The molecule has 0 spiro atoms. The lowest BCUT2D eigenvalue weighted by Crippen LogP contribution is -2.35. The van der Waals surface area contributed by atoms with Crippen LogP contribution in [-0.2, 0) is 17.8 Å².